The molecule has 7 heteroatoms. The summed E-state index contributed by atoms with van der Waals surface area (Å²) in [5.74, 6) is 0.947. The molecule has 0 unspecified atom stereocenters. The number of nitrogens with one attached hydrogen (secondary N) is 1. The predicted octanol–water partition coefficient (Wildman–Crippen LogP) is 2.81. The summed E-state index contributed by atoms with van der Waals surface area (Å²) in [6.45, 7) is 5.72. The van der Waals surface area contributed by atoms with Crippen LogP contribution in [-0.4, -0.2) is 51.3 Å². The van der Waals surface area contributed by atoms with Gasteiger partial charge in [0.25, 0.3) is 5.91 Å². The molecule has 1 aromatic carbocycles. The van der Waals surface area contributed by atoms with Crippen LogP contribution in [0, 0.1) is 13.8 Å². The van der Waals surface area contributed by atoms with Crippen LogP contribution < -0.4 is 0 Å². The van der Waals surface area contributed by atoms with Crippen molar-refractivity contribution >= 4 is 5.91 Å². The highest BCUT2D eigenvalue weighted by atomic mass is 16.5. The molecule has 2 heterocycles. The van der Waals surface area contributed by atoms with E-state index in [1.165, 1.54) is 0 Å². The SMILES string of the molecule is COCc1n[nH]c(C)c1-c1ccc(C(=O)N(C)CCn2ccnc2C)cc1. The Kier molecular flexibility index (Phi) is 5.71. The van der Waals surface area contributed by atoms with Crippen molar-refractivity contribution in [2.75, 3.05) is 20.7 Å². The van der Waals surface area contributed by atoms with E-state index in [9.17, 15) is 4.79 Å². The summed E-state index contributed by atoms with van der Waals surface area (Å²) in [6.07, 6.45) is 3.69. The number of hydrogen-bond acceptors (Lipinski definition) is 4. The third-order valence-corrected chi connectivity index (χ3v) is 4.67. The normalized spacial score (nSPS) is 11.0. The van der Waals surface area contributed by atoms with E-state index in [-0.39, 0.29) is 5.91 Å². The molecule has 0 atom stereocenters. The fourth-order valence-corrected chi connectivity index (χ4v) is 3.10. The van der Waals surface area contributed by atoms with Crippen LogP contribution in [-0.2, 0) is 17.9 Å². The van der Waals surface area contributed by atoms with E-state index in [0.717, 1.165) is 34.9 Å². The van der Waals surface area contributed by atoms with E-state index in [4.69, 9.17) is 4.74 Å². The maximum absolute atomic E-state index is 12.7. The molecule has 0 saturated carbocycles. The number of likely N-dealkylation sites (N-methyl/N-ethyl adjacent to an activating group) is 1. The van der Waals surface area contributed by atoms with Gasteiger partial charge in [-0.25, -0.2) is 4.98 Å². The number of aryl methyl sites for hydroxylation is 2. The van der Waals surface area contributed by atoms with Gasteiger partial charge in [0.05, 0.1) is 12.3 Å². The maximum Gasteiger partial charge on any atom is 0.253 e. The van der Waals surface area contributed by atoms with E-state index in [0.29, 0.717) is 18.7 Å². The minimum atomic E-state index is 0.000323. The fraction of sp³-hybridized carbons (Fsp3) is 0.350. The number of benzene rings is 1. The van der Waals surface area contributed by atoms with E-state index in [1.54, 1.807) is 18.2 Å². The van der Waals surface area contributed by atoms with Crippen molar-refractivity contribution in [3.63, 3.8) is 0 Å². The zero-order valence-electron chi connectivity index (χ0n) is 16.2. The maximum atomic E-state index is 12.7. The highest BCUT2D eigenvalue weighted by Crippen LogP contribution is 2.26. The number of carbonyl (C=O) groups is 1. The Morgan fingerprint density at radius 2 is 2.00 bits per heavy atom. The largest absolute Gasteiger partial charge is 0.378 e. The minimum Gasteiger partial charge on any atom is -0.378 e. The molecule has 2 aromatic heterocycles. The van der Waals surface area contributed by atoms with E-state index >= 15 is 0 Å². The Morgan fingerprint density at radius 3 is 2.63 bits per heavy atom. The highest BCUT2D eigenvalue weighted by molar-refractivity contribution is 5.94. The van der Waals surface area contributed by atoms with Gasteiger partial charge in [-0.15, -0.1) is 0 Å². The lowest BCUT2D eigenvalue weighted by molar-refractivity contribution is 0.0790. The molecule has 0 aliphatic rings. The summed E-state index contributed by atoms with van der Waals surface area (Å²) < 4.78 is 7.25. The van der Waals surface area contributed by atoms with Gasteiger partial charge in [0.1, 0.15) is 5.82 Å². The number of carbonyl (C=O) groups excluding carboxylic acids is 1. The Hall–Kier alpha value is -2.93. The molecule has 1 N–H and O–H groups in total. The number of methoxy groups -OCH3 is 1. The molecule has 0 aliphatic heterocycles. The summed E-state index contributed by atoms with van der Waals surface area (Å²) in [4.78, 5) is 18.6. The second kappa shape index (κ2) is 8.18. The number of H-pyrrole nitrogens is 1. The van der Waals surface area contributed by atoms with Gasteiger partial charge in [0.15, 0.2) is 0 Å². The number of amides is 1. The van der Waals surface area contributed by atoms with E-state index in [2.05, 4.69) is 15.2 Å². The van der Waals surface area contributed by atoms with Gasteiger partial charge in [-0.05, 0) is 31.5 Å². The smallest absolute Gasteiger partial charge is 0.253 e. The molecule has 142 valence electrons. The van der Waals surface area contributed by atoms with Crippen molar-refractivity contribution in [1.82, 2.24) is 24.6 Å². The minimum absolute atomic E-state index is 0.000323. The number of nitrogens with zero attached hydrogens (tertiary/aromatic N) is 4. The fourth-order valence-electron chi connectivity index (χ4n) is 3.10. The molecule has 3 rings (SSSR count). The number of ether oxygens (including phenoxy) is 1. The Balaban J connectivity index is 1.70. The zero-order valence-corrected chi connectivity index (χ0v) is 16.2. The van der Waals surface area contributed by atoms with Crippen molar-refractivity contribution in [3.05, 3.63) is 59.4 Å². The molecule has 0 spiro atoms. The van der Waals surface area contributed by atoms with Crippen LogP contribution >= 0.6 is 0 Å². The summed E-state index contributed by atoms with van der Waals surface area (Å²) >= 11 is 0. The predicted molar refractivity (Wildman–Crippen MR) is 103 cm³/mol. The van der Waals surface area contributed by atoms with Crippen molar-refractivity contribution in [2.24, 2.45) is 0 Å². The van der Waals surface area contributed by atoms with Crippen LogP contribution in [0.3, 0.4) is 0 Å². The molecule has 27 heavy (non-hydrogen) atoms. The van der Waals surface area contributed by atoms with Gasteiger partial charge < -0.3 is 14.2 Å². The van der Waals surface area contributed by atoms with Gasteiger partial charge in [-0.2, -0.15) is 5.10 Å². The van der Waals surface area contributed by atoms with Crippen LogP contribution in [0.15, 0.2) is 36.7 Å². The quantitative estimate of drug-likeness (QED) is 0.697. The lowest BCUT2D eigenvalue weighted by Gasteiger charge is -2.18. The first-order valence-corrected chi connectivity index (χ1v) is 8.87. The van der Waals surface area contributed by atoms with Crippen LogP contribution in [0.5, 0.6) is 0 Å². The van der Waals surface area contributed by atoms with Crippen molar-refractivity contribution < 1.29 is 9.53 Å². The molecular weight excluding hydrogens is 342 g/mol. The van der Waals surface area contributed by atoms with Gasteiger partial charge in [-0.3, -0.25) is 9.89 Å². The molecular formula is C20H25N5O2. The first kappa shape index (κ1) is 18.8. The highest BCUT2D eigenvalue weighted by Gasteiger charge is 2.15. The van der Waals surface area contributed by atoms with Crippen LogP contribution in [0.1, 0.15) is 27.6 Å². The standard InChI is InChI=1S/C20H25N5O2/c1-14-19(18(13-27-4)23-22-14)16-5-7-17(8-6-16)20(26)24(3)11-12-25-10-9-21-15(25)2/h5-10H,11-13H2,1-4H3,(H,22,23). The van der Waals surface area contributed by atoms with Gasteiger partial charge in [0.2, 0.25) is 0 Å². The second-order valence-electron chi connectivity index (χ2n) is 6.58. The van der Waals surface area contributed by atoms with Crippen molar-refractivity contribution in [2.45, 2.75) is 27.0 Å². The zero-order chi connectivity index (χ0) is 19.4. The Bertz CT molecular complexity index is 911. The van der Waals surface area contributed by atoms with Crippen molar-refractivity contribution in [3.8, 4) is 11.1 Å². The number of aromatic nitrogens is 4. The van der Waals surface area contributed by atoms with Gasteiger partial charge in [-0.1, -0.05) is 12.1 Å². The van der Waals surface area contributed by atoms with Gasteiger partial charge in [0, 0.05) is 56.5 Å². The monoisotopic (exact) mass is 367 g/mol. The average molecular weight is 367 g/mol. The molecule has 1 amide bonds. The van der Waals surface area contributed by atoms with Crippen LogP contribution in [0.2, 0.25) is 0 Å². The van der Waals surface area contributed by atoms with Crippen molar-refractivity contribution in [1.29, 1.82) is 0 Å². The number of imidazole rings is 1. The summed E-state index contributed by atoms with van der Waals surface area (Å²) in [5.41, 5.74) is 4.55. The Morgan fingerprint density at radius 1 is 1.26 bits per heavy atom. The first-order valence-electron chi connectivity index (χ1n) is 8.87. The first-order chi connectivity index (χ1) is 13.0. The summed E-state index contributed by atoms with van der Waals surface area (Å²) in [6, 6.07) is 7.63. The number of hydrogen-bond donors (Lipinski definition) is 1. The van der Waals surface area contributed by atoms with Gasteiger partial charge >= 0.3 is 0 Å². The number of rotatable bonds is 7. The molecule has 0 bridgehead atoms. The lowest BCUT2D eigenvalue weighted by Crippen LogP contribution is -2.30. The molecule has 7 nitrogen and oxygen atoms in total. The molecule has 0 fully saturated rings. The Labute approximate surface area is 159 Å². The summed E-state index contributed by atoms with van der Waals surface area (Å²) in [5, 5.41) is 7.29. The average Bonchev–Trinajstić information content (AvgIpc) is 3.25. The molecule has 0 radical (unpaired) electrons. The van der Waals surface area contributed by atoms with Crippen LogP contribution in [0.25, 0.3) is 11.1 Å². The number of aromatic amines is 1. The topological polar surface area (TPSA) is 76.0 Å². The third-order valence-electron chi connectivity index (χ3n) is 4.67. The third kappa shape index (κ3) is 4.09. The van der Waals surface area contributed by atoms with Crippen LogP contribution in [0.4, 0.5) is 0 Å². The molecule has 3 aromatic rings. The second-order valence-corrected chi connectivity index (χ2v) is 6.58. The summed E-state index contributed by atoms with van der Waals surface area (Å²) in [7, 11) is 3.47. The van der Waals surface area contributed by atoms with E-state index in [1.807, 2.05) is 55.9 Å². The molecule has 0 aliphatic carbocycles. The van der Waals surface area contributed by atoms with E-state index < -0.39 is 0 Å². The molecule has 0 saturated heterocycles. The lowest BCUT2D eigenvalue weighted by atomic mass is 10.0.